The summed E-state index contributed by atoms with van der Waals surface area (Å²) in [6.07, 6.45) is 1.54. The van der Waals surface area contributed by atoms with E-state index in [1.165, 1.54) is 18.2 Å². The average molecular weight is 417 g/mol. The van der Waals surface area contributed by atoms with E-state index in [0.29, 0.717) is 33.6 Å². The van der Waals surface area contributed by atoms with Crippen LogP contribution in [0.3, 0.4) is 0 Å². The van der Waals surface area contributed by atoms with Crippen LogP contribution >= 0.6 is 0 Å². The van der Waals surface area contributed by atoms with Gasteiger partial charge in [0.25, 0.3) is 5.91 Å². The van der Waals surface area contributed by atoms with Crippen LogP contribution in [0.2, 0.25) is 0 Å². The molecule has 2 N–H and O–H groups in total. The summed E-state index contributed by atoms with van der Waals surface area (Å²) in [4.78, 5) is 21.8. The number of aliphatic hydroxyl groups excluding tert-OH is 1. The molecule has 31 heavy (non-hydrogen) atoms. The highest BCUT2D eigenvalue weighted by molar-refractivity contribution is 6.06. The van der Waals surface area contributed by atoms with E-state index in [1.807, 2.05) is 25.1 Å². The first-order valence-electron chi connectivity index (χ1n) is 9.66. The van der Waals surface area contributed by atoms with E-state index in [1.54, 1.807) is 31.3 Å². The first-order chi connectivity index (χ1) is 15.0. The molecule has 7 heteroatoms. The lowest BCUT2D eigenvalue weighted by Crippen LogP contribution is -2.22. The normalized spacial score (nSPS) is 11.7. The zero-order valence-corrected chi connectivity index (χ0v) is 17.0. The van der Waals surface area contributed by atoms with Crippen LogP contribution in [-0.4, -0.2) is 16.0 Å². The minimum absolute atomic E-state index is 0.0178. The van der Waals surface area contributed by atoms with Crippen molar-refractivity contribution in [3.05, 3.63) is 94.5 Å². The smallest absolute Gasteiger partial charge is 0.261 e. The number of aryl methyl sites for hydroxylation is 2. The quantitative estimate of drug-likeness (QED) is 0.510. The van der Waals surface area contributed by atoms with Crippen molar-refractivity contribution in [1.29, 1.82) is 0 Å². The number of nitrogens with one attached hydrogen (secondary N) is 1. The van der Waals surface area contributed by atoms with Crippen LogP contribution in [0.5, 0.6) is 0 Å². The summed E-state index contributed by atoms with van der Waals surface area (Å²) in [6, 6.07) is 14.7. The Hall–Kier alpha value is -3.84. The van der Waals surface area contributed by atoms with Gasteiger partial charge in [0.15, 0.2) is 5.58 Å². The fourth-order valence-electron chi connectivity index (χ4n) is 3.23. The minimum Gasteiger partial charge on any atom is -0.436 e. The van der Waals surface area contributed by atoms with E-state index in [0.717, 1.165) is 5.56 Å². The Morgan fingerprint density at radius 1 is 1.16 bits per heavy atom. The van der Waals surface area contributed by atoms with E-state index in [2.05, 4.69) is 15.3 Å². The Morgan fingerprint density at radius 3 is 2.71 bits per heavy atom. The highest BCUT2D eigenvalue weighted by Crippen LogP contribution is 2.22. The molecule has 1 amide bonds. The van der Waals surface area contributed by atoms with Gasteiger partial charge in [-0.1, -0.05) is 24.3 Å². The molecule has 2 aromatic carbocycles. The maximum atomic E-state index is 13.7. The largest absolute Gasteiger partial charge is 0.436 e. The molecule has 0 fully saturated rings. The SMILES string of the molecule is Cc1ccccc1NC(=O)c1cc2c(CO)cnc(C)c2oc1=Nc1cccc(F)c1. The van der Waals surface area contributed by atoms with Crippen LogP contribution in [0, 0.1) is 19.7 Å². The Morgan fingerprint density at radius 2 is 1.97 bits per heavy atom. The molecule has 0 aliphatic carbocycles. The first kappa shape index (κ1) is 20.4. The van der Waals surface area contributed by atoms with Gasteiger partial charge in [0.2, 0.25) is 5.55 Å². The number of hydrogen-bond donors (Lipinski definition) is 2. The zero-order valence-electron chi connectivity index (χ0n) is 17.0. The molecule has 0 atom stereocenters. The Bertz CT molecular complexity index is 1360. The Balaban J connectivity index is 1.94. The second-order valence-corrected chi connectivity index (χ2v) is 7.10. The highest BCUT2D eigenvalue weighted by Gasteiger charge is 2.17. The zero-order chi connectivity index (χ0) is 22.0. The van der Waals surface area contributed by atoms with Crippen molar-refractivity contribution in [2.75, 3.05) is 5.32 Å². The van der Waals surface area contributed by atoms with Gasteiger partial charge >= 0.3 is 0 Å². The number of aliphatic hydroxyl groups is 1. The highest BCUT2D eigenvalue weighted by atomic mass is 19.1. The molecular formula is C24H20FN3O3. The monoisotopic (exact) mass is 417 g/mol. The topological polar surface area (TPSA) is 87.7 Å². The van der Waals surface area contributed by atoms with Gasteiger partial charge in [-0.05, 0) is 49.7 Å². The molecule has 0 saturated carbocycles. The molecule has 0 saturated heterocycles. The van der Waals surface area contributed by atoms with E-state index in [9.17, 15) is 14.3 Å². The third-order valence-corrected chi connectivity index (χ3v) is 4.90. The van der Waals surface area contributed by atoms with Crippen LogP contribution in [0.4, 0.5) is 15.8 Å². The predicted octanol–water partition coefficient (Wildman–Crippen LogP) is 4.56. The molecule has 156 valence electrons. The summed E-state index contributed by atoms with van der Waals surface area (Å²) in [7, 11) is 0. The molecule has 4 rings (SSSR count). The van der Waals surface area contributed by atoms with Crippen molar-refractivity contribution in [3.63, 3.8) is 0 Å². The number of carbonyl (C=O) groups excluding carboxylic acids is 1. The summed E-state index contributed by atoms with van der Waals surface area (Å²) in [6.45, 7) is 3.38. The van der Waals surface area contributed by atoms with Crippen molar-refractivity contribution in [2.45, 2.75) is 20.5 Å². The van der Waals surface area contributed by atoms with Gasteiger partial charge in [-0.15, -0.1) is 0 Å². The molecule has 4 aromatic rings. The fraction of sp³-hybridized carbons (Fsp3) is 0.125. The van der Waals surface area contributed by atoms with Crippen LogP contribution in [0.1, 0.15) is 27.2 Å². The summed E-state index contributed by atoms with van der Waals surface area (Å²) in [5.74, 6) is -0.887. The van der Waals surface area contributed by atoms with Crippen molar-refractivity contribution in [1.82, 2.24) is 4.98 Å². The predicted molar refractivity (Wildman–Crippen MR) is 115 cm³/mol. The number of rotatable bonds is 4. The number of halogens is 1. The maximum absolute atomic E-state index is 13.7. The molecule has 2 heterocycles. The van der Waals surface area contributed by atoms with Gasteiger partial charge in [0.1, 0.15) is 11.4 Å². The van der Waals surface area contributed by atoms with E-state index in [4.69, 9.17) is 4.42 Å². The Kier molecular flexibility index (Phi) is 5.60. The van der Waals surface area contributed by atoms with Gasteiger partial charge in [-0.2, -0.15) is 0 Å². The van der Waals surface area contributed by atoms with Gasteiger partial charge in [-0.25, -0.2) is 9.38 Å². The fourth-order valence-corrected chi connectivity index (χ4v) is 3.23. The maximum Gasteiger partial charge on any atom is 0.261 e. The summed E-state index contributed by atoms with van der Waals surface area (Å²) in [5.41, 5.74) is 3.52. The summed E-state index contributed by atoms with van der Waals surface area (Å²) < 4.78 is 19.6. The third kappa shape index (κ3) is 4.22. The number of anilines is 1. The van der Waals surface area contributed by atoms with Crippen LogP contribution < -0.4 is 10.9 Å². The first-order valence-corrected chi connectivity index (χ1v) is 9.66. The number of fused-ring (bicyclic) bond motifs is 1. The summed E-state index contributed by atoms with van der Waals surface area (Å²) >= 11 is 0. The number of aromatic nitrogens is 1. The van der Waals surface area contributed by atoms with E-state index < -0.39 is 11.7 Å². The minimum atomic E-state index is -0.451. The number of para-hydroxylation sites is 1. The van der Waals surface area contributed by atoms with Gasteiger partial charge in [0.05, 0.1) is 18.0 Å². The lowest BCUT2D eigenvalue weighted by molar-refractivity contribution is 0.102. The summed E-state index contributed by atoms with van der Waals surface area (Å²) in [5, 5.41) is 13.1. The van der Waals surface area contributed by atoms with Crippen LogP contribution in [0.15, 0.2) is 70.2 Å². The van der Waals surface area contributed by atoms with Gasteiger partial charge in [-0.3, -0.25) is 9.78 Å². The van der Waals surface area contributed by atoms with E-state index >= 15 is 0 Å². The molecule has 0 aliphatic rings. The van der Waals surface area contributed by atoms with Crippen molar-refractivity contribution >= 4 is 28.3 Å². The second-order valence-electron chi connectivity index (χ2n) is 7.10. The lowest BCUT2D eigenvalue weighted by atomic mass is 10.1. The number of benzene rings is 2. The van der Waals surface area contributed by atoms with Crippen molar-refractivity contribution < 1.29 is 18.7 Å². The molecule has 0 spiro atoms. The average Bonchev–Trinajstić information content (AvgIpc) is 2.75. The standard InChI is InChI=1S/C24H20FN3O3/c1-14-6-3-4-9-21(14)28-23(30)20-11-19-16(13-29)12-26-15(2)22(19)31-24(20)27-18-8-5-7-17(25)10-18/h3-12,29H,13H2,1-2H3,(H,28,30). The number of pyridine rings is 1. The van der Waals surface area contributed by atoms with Crippen molar-refractivity contribution in [3.8, 4) is 0 Å². The van der Waals surface area contributed by atoms with Gasteiger partial charge < -0.3 is 14.8 Å². The second kappa shape index (κ2) is 8.49. The molecule has 0 aliphatic heterocycles. The molecule has 0 radical (unpaired) electrons. The molecular weight excluding hydrogens is 397 g/mol. The van der Waals surface area contributed by atoms with Gasteiger partial charge in [0, 0.05) is 22.8 Å². The lowest BCUT2D eigenvalue weighted by Gasteiger charge is -2.11. The third-order valence-electron chi connectivity index (χ3n) is 4.90. The number of amides is 1. The van der Waals surface area contributed by atoms with Crippen LogP contribution in [-0.2, 0) is 6.61 Å². The molecule has 0 bridgehead atoms. The van der Waals surface area contributed by atoms with Crippen molar-refractivity contribution in [2.24, 2.45) is 4.99 Å². The number of hydrogen-bond acceptors (Lipinski definition) is 5. The molecule has 6 nitrogen and oxygen atoms in total. The molecule has 0 unspecified atom stereocenters. The number of carbonyl (C=O) groups is 1. The number of nitrogens with zero attached hydrogens (tertiary/aromatic N) is 2. The Labute approximate surface area is 177 Å². The van der Waals surface area contributed by atoms with Crippen LogP contribution in [0.25, 0.3) is 11.0 Å². The molecule has 2 aromatic heterocycles. The van der Waals surface area contributed by atoms with E-state index in [-0.39, 0.29) is 17.7 Å².